The number of aryl methyl sites for hydroxylation is 3. The lowest BCUT2D eigenvalue weighted by molar-refractivity contribution is -0.0884. The third-order valence-electron chi connectivity index (χ3n) is 19.5. The van der Waals surface area contributed by atoms with E-state index in [0.29, 0.717) is 47.5 Å². The number of nitrogens with zero attached hydrogens (tertiary/aromatic N) is 9. The fraction of sp³-hybridized carbons (Fsp3) is 0.385. The van der Waals surface area contributed by atoms with Gasteiger partial charge < -0.3 is 28.4 Å². The number of para-hydroxylation sites is 6. The number of likely N-dealkylation sites (tertiary alicyclic amines) is 3. The third kappa shape index (κ3) is 15.6. The summed E-state index contributed by atoms with van der Waals surface area (Å²) < 4.78 is 49.2. The first-order chi connectivity index (χ1) is 46.7. The molecule has 15 rings (SSSR count). The van der Waals surface area contributed by atoms with Gasteiger partial charge in [-0.3, -0.25) is 14.4 Å². The van der Waals surface area contributed by atoms with Crippen LogP contribution in [-0.2, 0) is 19.6 Å². The minimum absolute atomic E-state index is 0.141. The molecule has 3 saturated heterocycles. The zero-order chi connectivity index (χ0) is 66.3. The largest absolute Gasteiger partial charge is 0.454 e. The van der Waals surface area contributed by atoms with Gasteiger partial charge in [-0.15, -0.1) is 34.0 Å². The number of piperidine rings is 3. The highest BCUT2D eigenvalue weighted by Crippen LogP contribution is 2.38. The maximum absolute atomic E-state index is 13.0. The molecule has 9 heterocycles. The van der Waals surface area contributed by atoms with Crippen LogP contribution in [-0.4, -0.2) is 126 Å². The quantitative estimate of drug-likeness (QED) is 0.0688. The lowest BCUT2D eigenvalue weighted by atomic mass is 9.97. The standard InChI is InChI=1S/C28H33N3OS.C25H24F3N3OS.C25H27N3OS/c1-20(2)18-26(32)23-19-31(25-10-5-3-8-22(23)25)15-7-14-30-16-12-21(13-17-30)28-29-24-9-4-6-11-27(24)33-28;26-25(27,28)23(32)19-16-31(21-8-3-1-6-18(19)21)13-5-12-30-14-10-17(11-15-30)24-29-20-7-2-4-9-22(20)33-24;1-18(29)21-17-28(23-9-4-2-7-20(21)23)14-6-13-27-15-11-19(12-16-27)25-26-22-8-3-5-10-24(22)30-25/h3-6,8-11,19-21H,7,12-18H2,1-2H3;1-4,6-9,16-17H,5,10-15H2;2-5,7-10,17,19H,6,11-16H2,1H3. The zero-order valence-electron chi connectivity index (χ0n) is 55.1. The van der Waals surface area contributed by atoms with E-state index in [1.807, 2.05) is 53.1 Å². The predicted molar refractivity (Wildman–Crippen MR) is 388 cm³/mol. The number of fused-ring (bicyclic) bond motifs is 6. The van der Waals surface area contributed by atoms with Gasteiger partial charge in [0.15, 0.2) is 11.6 Å². The molecule has 0 atom stereocenters. The van der Waals surface area contributed by atoms with Gasteiger partial charge in [0.25, 0.3) is 5.78 Å². The Kier molecular flexibility index (Phi) is 21.2. The van der Waals surface area contributed by atoms with Gasteiger partial charge in [-0.2, -0.15) is 13.2 Å². The highest BCUT2D eigenvalue weighted by atomic mass is 32.1. The summed E-state index contributed by atoms with van der Waals surface area (Å²) in [6, 6.07) is 48.5. The summed E-state index contributed by atoms with van der Waals surface area (Å²) in [4.78, 5) is 58.8. The van der Waals surface area contributed by atoms with Crippen LogP contribution < -0.4 is 0 Å². The average Bonchev–Trinajstić information content (AvgIpc) is 1.71. The van der Waals surface area contributed by atoms with Crippen molar-refractivity contribution in [1.82, 2.24) is 43.4 Å². The molecule has 0 radical (unpaired) electrons. The molecular weight excluding hydrogens is 1260 g/mol. The summed E-state index contributed by atoms with van der Waals surface area (Å²) in [5.74, 6) is 0.688. The lowest BCUT2D eigenvalue weighted by Crippen LogP contribution is -2.34. The van der Waals surface area contributed by atoms with Gasteiger partial charge in [0, 0.05) is 106 Å². The summed E-state index contributed by atoms with van der Waals surface area (Å²) in [5, 5.41) is 6.37. The molecule has 3 fully saturated rings. The van der Waals surface area contributed by atoms with E-state index in [2.05, 4.69) is 141 Å². The van der Waals surface area contributed by atoms with Gasteiger partial charge >= 0.3 is 6.18 Å². The van der Waals surface area contributed by atoms with Crippen molar-refractivity contribution in [2.45, 2.75) is 129 Å². The van der Waals surface area contributed by atoms with Crippen molar-refractivity contribution in [1.29, 1.82) is 0 Å². The number of rotatable bonds is 20. The highest BCUT2D eigenvalue weighted by molar-refractivity contribution is 7.19. The number of Topliss-reactive ketones (excluding diaryl/α,β-unsaturated/α-hetero) is 3. The molecule has 12 nitrogen and oxygen atoms in total. The smallest absolute Gasteiger partial charge is 0.347 e. The van der Waals surface area contributed by atoms with Crippen LogP contribution in [0.2, 0.25) is 0 Å². The number of hydrogen-bond donors (Lipinski definition) is 0. The number of carbonyl (C=O) groups is 3. The molecule has 0 spiro atoms. The van der Waals surface area contributed by atoms with Crippen molar-refractivity contribution in [3.05, 3.63) is 196 Å². The highest BCUT2D eigenvalue weighted by Gasteiger charge is 2.41. The molecule has 3 aliphatic heterocycles. The van der Waals surface area contributed by atoms with E-state index in [0.717, 1.165) is 148 Å². The monoisotopic (exact) mass is 1350 g/mol. The van der Waals surface area contributed by atoms with Crippen molar-refractivity contribution >= 4 is 115 Å². The number of carbonyl (C=O) groups excluding carboxylic acids is 3. The van der Waals surface area contributed by atoms with Gasteiger partial charge in [0.2, 0.25) is 0 Å². The van der Waals surface area contributed by atoms with E-state index in [1.165, 1.54) is 66.5 Å². The molecule has 12 aromatic rings. The van der Waals surface area contributed by atoms with E-state index >= 15 is 0 Å². The molecule has 0 aliphatic carbocycles. The van der Waals surface area contributed by atoms with Crippen LogP contribution in [0, 0.1) is 5.92 Å². The topological polar surface area (TPSA) is 114 Å². The second-order valence-electron chi connectivity index (χ2n) is 26.6. The minimum Gasteiger partial charge on any atom is -0.347 e. The Morgan fingerprint density at radius 3 is 1.09 bits per heavy atom. The molecule has 0 N–H and O–H groups in total. The van der Waals surface area contributed by atoms with Crippen LogP contribution in [0.15, 0.2) is 164 Å². The molecule has 0 unspecified atom stereocenters. The Morgan fingerprint density at radius 2 is 0.750 bits per heavy atom. The van der Waals surface area contributed by atoms with E-state index in [4.69, 9.17) is 15.0 Å². The van der Waals surface area contributed by atoms with Gasteiger partial charge in [-0.1, -0.05) is 105 Å². The van der Waals surface area contributed by atoms with Crippen LogP contribution in [0.5, 0.6) is 0 Å². The lowest BCUT2D eigenvalue weighted by Gasteiger charge is -2.31. The van der Waals surface area contributed by atoms with Gasteiger partial charge in [-0.05, 0) is 184 Å². The molecule has 96 heavy (non-hydrogen) atoms. The summed E-state index contributed by atoms with van der Waals surface area (Å²) in [6.45, 7) is 18.0. The fourth-order valence-electron chi connectivity index (χ4n) is 14.4. The number of ketones is 3. The van der Waals surface area contributed by atoms with Crippen molar-refractivity contribution < 1.29 is 27.6 Å². The van der Waals surface area contributed by atoms with Crippen molar-refractivity contribution in [2.24, 2.45) is 5.92 Å². The normalized spacial score (nSPS) is 15.9. The van der Waals surface area contributed by atoms with Crippen LogP contribution in [0.25, 0.3) is 63.4 Å². The zero-order valence-corrected chi connectivity index (χ0v) is 57.5. The van der Waals surface area contributed by atoms with Gasteiger partial charge in [0.05, 0.1) is 51.2 Å². The Bertz CT molecular complexity index is 4550. The first-order valence-corrected chi connectivity index (χ1v) is 36.7. The molecule has 0 bridgehead atoms. The van der Waals surface area contributed by atoms with Crippen LogP contribution >= 0.6 is 34.0 Å². The first-order valence-electron chi connectivity index (χ1n) is 34.3. The summed E-state index contributed by atoms with van der Waals surface area (Å²) in [5.41, 5.74) is 7.82. The van der Waals surface area contributed by atoms with E-state index in [-0.39, 0.29) is 17.1 Å². The maximum atomic E-state index is 13.0. The van der Waals surface area contributed by atoms with Gasteiger partial charge in [-0.25, -0.2) is 15.0 Å². The fourth-order valence-corrected chi connectivity index (χ4v) is 17.8. The molecule has 0 amide bonds. The summed E-state index contributed by atoms with van der Waals surface area (Å²) in [7, 11) is 0. The van der Waals surface area contributed by atoms with Crippen LogP contribution in [0.4, 0.5) is 13.2 Å². The van der Waals surface area contributed by atoms with Crippen LogP contribution in [0.1, 0.15) is 149 Å². The van der Waals surface area contributed by atoms with E-state index < -0.39 is 12.0 Å². The second-order valence-corrected chi connectivity index (χ2v) is 29.8. The number of thiazole rings is 3. The first kappa shape index (κ1) is 66.9. The second kappa shape index (κ2) is 30.4. The minimum atomic E-state index is -4.87. The molecule has 0 saturated carbocycles. The molecule has 3 aliphatic rings. The Balaban J connectivity index is 0.000000130. The predicted octanol–water partition coefficient (Wildman–Crippen LogP) is 18.7. The number of benzene rings is 6. The summed E-state index contributed by atoms with van der Waals surface area (Å²) in [6.07, 6.45) is 11.1. The van der Waals surface area contributed by atoms with E-state index in [9.17, 15) is 27.6 Å². The molecule has 6 aromatic carbocycles. The van der Waals surface area contributed by atoms with Crippen molar-refractivity contribution in [3.8, 4) is 0 Å². The van der Waals surface area contributed by atoms with Crippen LogP contribution in [0.3, 0.4) is 0 Å². The number of halogens is 3. The Morgan fingerprint density at radius 1 is 0.438 bits per heavy atom. The SMILES string of the molecule is CC(=O)c1cn(CCCN2CCC(c3nc4ccccc4s3)CC2)c2ccccc12.CC(C)CC(=O)c1cn(CCCN2CCC(c3nc4ccccc4s3)CC2)c2ccccc12.O=C(c1cn(CCCN2CCC(c3nc4ccccc4s3)CC2)c2ccccc12)C(F)(F)F. The van der Waals surface area contributed by atoms with Gasteiger partial charge in [0.1, 0.15) is 0 Å². The number of alkyl halides is 3. The average molecular weight is 1350 g/mol. The van der Waals surface area contributed by atoms with E-state index in [1.54, 1.807) is 47.1 Å². The summed E-state index contributed by atoms with van der Waals surface area (Å²) >= 11 is 5.52. The Hall–Kier alpha value is -7.71. The molecule has 6 aromatic heterocycles. The third-order valence-corrected chi connectivity index (χ3v) is 23.1. The number of hydrogen-bond acceptors (Lipinski definition) is 12. The Labute approximate surface area is 571 Å². The molecule has 498 valence electrons. The van der Waals surface area contributed by atoms with Crippen molar-refractivity contribution in [3.63, 3.8) is 0 Å². The van der Waals surface area contributed by atoms with Crippen molar-refractivity contribution in [2.75, 3.05) is 58.9 Å². The maximum Gasteiger partial charge on any atom is 0.454 e. The number of aromatic nitrogens is 6. The molecule has 18 heteroatoms. The molecular formula is C78H84F3N9O3S3.